The van der Waals surface area contributed by atoms with Gasteiger partial charge in [-0.15, -0.1) is 0 Å². The average molecular weight is 184 g/mol. The van der Waals surface area contributed by atoms with E-state index in [1.54, 1.807) is 0 Å². The number of amides is 1. The maximum Gasteiger partial charge on any atom is 0.454 e. The number of nitrogens with zero attached hydrogens (tertiary/aromatic N) is 1. The molecule has 0 aromatic carbocycles. The molecule has 1 aliphatic heterocycles. The molecule has 75 valence electrons. The molecule has 3 heteroatoms. The third kappa shape index (κ3) is 1.79. The maximum absolute atomic E-state index is 11.0. The van der Waals surface area contributed by atoms with Crippen molar-refractivity contribution >= 4 is 6.09 Å². The molecule has 1 aliphatic rings. The Morgan fingerprint density at radius 3 is 1.69 bits per heavy atom. The van der Waals surface area contributed by atoms with Gasteiger partial charge in [0.15, 0.2) is 0 Å². The van der Waals surface area contributed by atoms with Crippen LogP contribution in [0.1, 0.15) is 47.0 Å². The molecule has 0 aromatic rings. The highest BCUT2D eigenvalue weighted by molar-refractivity contribution is 5.67. The van der Waals surface area contributed by atoms with Crippen molar-refractivity contribution in [1.82, 2.24) is 4.90 Å². The van der Waals surface area contributed by atoms with Gasteiger partial charge < -0.3 is 0 Å². The summed E-state index contributed by atoms with van der Waals surface area (Å²) in [4.78, 5) is 12.5. The molecule has 3 nitrogen and oxygen atoms in total. The Balaban J connectivity index is 2.98. The number of likely N-dealkylation sites (tertiary alicyclic amines) is 1. The topological polar surface area (TPSA) is 40.2 Å². The second kappa shape index (κ2) is 2.89. The van der Waals surface area contributed by atoms with E-state index < -0.39 is 6.09 Å². The Bertz CT molecular complexity index is 205. The minimum Gasteiger partial charge on any atom is -0.295 e. The molecular formula is C10H18NO2. The number of hydrogen-bond donors (Lipinski definition) is 0. The van der Waals surface area contributed by atoms with Gasteiger partial charge in [-0.1, -0.05) is 0 Å². The first kappa shape index (κ1) is 10.4. The van der Waals surface area contributed by atoms with Gasteiger partial charge in [0.05, 0.1) is 0 Å². The van der Waals surface area contributed by atoms with Crippen molar-refractivity contribution in [2.75, 3.05) is 0 Å². The van der Waals surface area contributed by atoms with Crippen molar-refractivity contribution in [1.29, 1.82) is 0 Å². The monoisotopic (exact) mass is 184 g/mol. The van der Waals surface area contributed by atoms with Crippen LogP contribution in [0.25, 0.3) is 0 Å². The minimum absolute atomic E-state index is 0.277. The second-order valence-corrected chi connectivity index (χ2v) is 5.08. The summed E-state index contributed by atoms with van der Waals surface area (Å²) in [6.45, 7) is 7.85. The minimum atomic E-state index is -1.05. The van der Waals surface area contributed by atoms with Crippen molar-refractivity contribution in [3.8, 4) is 0 Å². The fraction of sp³-hybridized carbons (Fsp3) is 0.900. The third-order valence-corrected chi connectivity index (χ3v) is 2.97. The van der Waals surface area contributed by atoms with Crippen LogP contribution in [-0.2, 0) is 5.11 Å². The van der Waals surface area contributed by atoms with Crippen molar-refractivity contribution in [2.24, 2.45) is 0 Å². The van der Waals surface area contributed by atoms with Gasteiger partial charge in [-0.2, -0.15) is 0 Å². The lowest BCUT2D eigenvalue weighted by Crippen LogP contribution is -2.60. The lowest BCUT2D eigenvalue weighted by Gasteiger charge is -2.50. The molecule has 1 rings (SSSR count). The van der Waals surface area contributed by atoms with Crippen molar-refractivity contribution in [3.63, 3.8) is 0 Å². The summed E-state index contributed by atoms with van der Waals surface area (Å²) in [6, 6.07) is 0. The Labute approximate surface area is 79.7 Å². The van der Waals surface area contributed by atoms with Crippen LogP contribution in [0.5, 0.6) is 0 Å². The Hall–Kier alpha value is -0.730. The van der Waals surface area contributed by atoms with Crippen LogP contribution in [0.2, 0.25) is 0 Å². The number of hydrogen-bond acceptors (Lipinski definition) is 1. The lowest BCUT2D eigenvalue weighted by molar-refractivity contribution is -0.0199. The first-order valence-corrected chi connectivity index (χ1v) is 4.79. The molecule has 0 N–H and O–H groups in total. The molecule has 1 fully saturated rings. The van der Waals surface area contributed by atoms with Crippen molar-refractivity contribution in [3.05, 3.63) is 0 Å². The molecule has 0 aliphatic carbocycles. The molecule has 1 amide bonds. The smallest absolute Gasteiger partial charge is 0.295 e. The summed E-state index contributed by atoms with van der Waals surface area (Å²) in [5, 5.41) is 11.0. The molecule has 0 atom stereocenters. The van der Waals surface area contributed by atoms with Gasteiger partial charge in [0.1, 0.15) is 0 Å². The van der Waals surface area contributed by atoms with Crippen LogP contribution in [-0.4, -0.2) is 22.1 Å². The molecule has 1 heterocycles. The predicted molar refractivity (Wildman–Crippen MR) is 49.9 cm³/mol. The van der Waals surface area contributed by atoms with Gasteiger partial charge in [-0.25, -0.2) is 9.90 Å². The van der Waals surface area contributed by atoms with E-state index in [0.717, 1.165) is 19.3 Å². The molecule has 0 aromatic heterocycles. The maximum atomic E-state index is 11.0. The Morgan fingerprint density at radius 2 is 1.46 bits per heavy atom. The molecule has 0 saturated carbocycles. The molecular weight excluding hydrogens is 166 g/mol. The number of carbonyl (C=O) groups is 1. The third-order valence-electron chi connectivity index (χ3n) is 2.97. The van der Waals surface area contributed by atoms with Crippen LogP contribution in [0.3, 0.4) is 0 Å². The zero-order valence-electron chi connectivity index (χ0n) is 8.89. The average Bonchev–Trinajstić information content (AvgIpc) is 1.79. The fourth-order valence-electron chi connectivity index (χ4n) is 2.49. The first-order chi connectivity index (χ1) is 5.77. The van der Waals surface area contributed by atoms with Crippen molar-refractivity contribution < 1.29 is 9.90 Å². The molecule has 0 spiro atoms. The molecule has 0 unspecified atom stereocenters. The molecule has 0 bridgehead atoms. The van der Waals surface area contributed by atoms with Crippen LogP contribution in [0, 0.1) is 0 Å². The van der Waals surface area contributed by atoms with E-state index in [1.165, 1.54) is 4.90 Å². The molecule has 1 radical (unpaired) electrons. The van der Waals surface area contributed by atoms with E-state index in [9.17, 15) is 9.90 Å². The quantitative estimate of drug-likeness (QED) is 0.570. The second-order valence-electron chi connectivity index (χ2n) is 5.08. The predicted octanol–water partition coefficient (Wildman–Crippen LogP) is 2.58. The van der Waals surface area contributed by atoms with E-state index in [-0.39, 0.29) is 11.1 Å². The highest BCUT2D eigenvalue weighted by Crippen LogP contribution is 2.37. The lowest BCUT2D eigenvalue weighted by atomic mass is 9.80. The molecule has 1 saturated heterocycles. The van der Waals surface area contributed by atoms with Gasteiger partial charge in [-0.05, 0) is 47.0 Å². The summed E-state index contributed by atoms with van der Waals surface area (Å²) >= 11 is 0. The normalized spacial score (nSPS) is 25.7. The first-order valence-electron chi connectivity index (χ1n) is 4.79. The summed E-state index contributed by atoms with van der Waals surface area (Å²) in [7, 11) is 0. The number of piperidine rings is 1. The zero-order valence-corrected chi connectivity index (χ0v) is 8.89. The van der Waals surface area contributed by atoms with Crippen molar-refractivity contribution in [2.45, 2.75) is 58.0 Å². The van der Waals surface area contributed by atoms with E-state index in [2.05, 4.69) is 0 Å². The molecule has 13 heavy (non-hydrogen) atoms. The van der Waals surface area contributed by atoms with E-state index in [4.69, 9.17) is 0 Å². The van der Waals surface area contributed by atoms with E-state index in [1.807, 2.05) is 27.7 Å². The van der Waals surface area contributed by atoms with Gasteiger partial charge >= 0.3 is 6.09 Å². The van der Waals surface area contributed by atoms with Crippen LogP contribution in [0.4, 0.5) is 4.79 Å². The standard InChI is InChI=1S/C10H18NO2/c1-9(2)6-5-7-10(3,4)11(9)8(12)13/h5-7H2,1-4H3. The SMILES string of the molecule is CC1(C)CCCC(C)(C)N1C([O])=O. The summed E-state index contributed by atoms with van der Waals surface area (Å²) in [5.41, 5.74) is -0.554. The van der Waals surface area contributed by atoms with Gasteiger partial charge in [-0.3, -0.25) is 4.90 Å². The van der Waals surface area contributed by atoms with E-state index >= 15 is 0 Å². The van der Waals surface area contributed by atoms with Crippen LogP contribution < -0.4 is 0 Å². The van der Waals surface area contributed by atoms with Gasteiger partial charge in [0.25, 0.3) is 0 Å². The summed E-state index contributed by atoms with van der Waals surface area (Å²) < 4.78 is 0. The summed E-state index contributed by atoms with van der Waals surface area (Å²) in [6.07, 6.45) is 1.88. The zero-order chi connectivity index (χ0) is 10.3. The fourth-order valence-corrected chi connectivity index (χ4v) is 2.49. The highest BCUT2D eigenvalue weighted by atomic mass is 16.4. The number of rotatable bonds is 0. The van der Waals surface area contributed by atoms with Gasteiger partial charge in [0.2, 0.25) is 0 Å². The number of carbonyl (C=O) groups excluding carboxylic acids is 1. The highest BCUT2D eigenvalue weighted by Gasteiger charge is 2.44. The van der Waals surface area contributed by atoms with Crippen LogP contribution >= 0.6 is 0 Å². The largest absolute Gasteiger partial charge is 0.454 e. The van der Waals surface area contributed by atoms with Crippen LogP contribution in [0.15, 0.2) is 0 Å². The Morgan fingerprint density at radius 1 is 1.08 bits per heavy atom. The summed E-state index contributed by atoms with van der Waals surface area (Å²) in [5.74, 6) is 0. The van der Waals surface area contributed by atoms with Gasteiger partial charge in [0, 0.05) is 11.1 Å². The van der Waals surface area contributed by atoms with E-state index in [0.29, 0.717) is 0 Å². The Kier molecular flexibility index (Phi) is 2.30.